The third-order valence-corrected chi connectivity index (χ3v) is 2.16. The van der Waals surface area contributed by atoms with Crippen LogP contribution in [0.25, 0.3) is 0 Å². The molecule has 0 radical (unpaired) electrons. The molecule has 0 saturated heterocycles. The summed E-state index contributed by atoms with van der Waals surface area (Å²) in [6.07, 6.45) is 0. The lowest BCUT2D eigenvalue weighted by Crippen LogP contribution is -2.17. The number of methoxy groups -OCH3 is 1. The van der Waals surface area contributed by atoms with Gasteiger partial charge in [0.15, 0.2) is 11.6 Å². The topological polar surface area (TPSA) is 29.5 Å². The Balaban J connectivity index is 3.29. The van der Waals surface area contributed by atoms with E-state index in [0.29, 0.717) is 5.56 Å². The molecule has 0 aliphatic heterocycles. The van der Waals surface area contributed by atoms with Gasteiger partial charge in [-0.05, 0) is 44.0 Å². The first kappa shape index (κ1) is 11.0. The maximum Gasteiger partial charge on any atom is 0.165 e. The lowest BCUT2D eigenvalue weighted by Gasteiger charge is -2.21. The molecule has 0 spiro atoms. The highest BCUT2D eigenvalue weighted by Gasteiger charge is 2.20. The minimum Gasteiger partial charge on any atom is -0.494 e. The van der Waals surface area contributed by atoms with Crippen molar-refractivity contribution in [3.8, 4) is 5.75 Å². The van der Waals surface area contributed by atoms with Crippen LogP contribution in [0.15, 0.2) is 12.1 Å². The summed E-state index contributed by atoms with van der Waals surface area (Å²) in [7, 11) is 1.42. The predicted molar refractivity (Wildman–Crippen MR) is 52.9 cm³/mol. The molecular formula is C11H15FO2. The average Bonchev–Trinajstić information content (AvgIpc) is 2.06. The fourth-order valence-electron chi connectivity index (χ4n) is 1.47. The Morgan fingerprint density at radius 1 is 1.36 bits per heavy atom. The van der Waals surface area contributed by atoms with Gasteiger partial charge >= 0.3 is 0 Å². The zero-order valence-corrected chi connectivity index (χ0v) is 8.89. The van der Waals surface area contributed by atoms with E-state index in [2.05, 4.69) is 0 Å². The van der Waals surface area contributed by atoms with Crippen molar-refractivity contribution in [3.63, 3.8) is 0 Å². The van der Waals surface area contributed by atoms with E-state index in [0.717, 1.165) is 5.56 Å². The molecule has 0 atom stereocenters. The van der Waals surface area contributed by atoms with Gasteiger partial charge in [0, 0.05) is 0 Å². The average molecular weight is 198 g/mol. The first-order valence-electron chi connectivity index (χ1n) is 4.43. The smallest absolute Gasteiger partial charge is 0.165 e. The minimum absolute atomic E-state index is 0.204. The van der Waals surface area contributed by atoms with Crippen molar-refractivity contribution < 1.29 is 14.2 Å². The highest BCUT2D eigenvalue weighted by atomic mass is 19.1. The highest BCUT2D eigenvalue weighted by molar-refractivity contribution is 5.38. The molecule has 0 fully saturated rings. The third kappa shape index (κ3) is 2.04. The highest BCUT2D eigenvalue weighted by Crippen LogP contribution is 2.28. The molecule has 0 saturated carbocycles. The zero-order chi connectivity index (χ0) is 10.9. The summed E-state index contributed by atoms with van der Waals surface area (Å²) in [5.74, 6) is -0.245. The molecule has 0 heterocycles. The number of rotatable bonds is 2. The Morgan fingerprint density at radius 2 is 1.93 bits per heavy atom. The maximum atomic E-state index is 13.3. The van der Waals surface area contributed by atoms with E-state index >= 15 is 0 Å². The minimum atomic E-state index is -1.03. The van der Waals surface area contributed by atoms with Crippen LogP contribution in [0.1, 0.15) is 25.0 Å². The second kappa shape index (κ2) is 3.58. The SMILES string of the molecule is COc1cc(C)c(C(C)(C)O)cc1F. The fraction of sp³-hybridized carbons (Fsp3) is 0.455. The van der Waals surface area contributed by atoms with Crippen molar-refractivity contribution in [1.82, 2.24) is 0 Å². The van der Waals surface area contributed by atoms with Gasteiger partial charge in [0.2, 0.25) is 0 Å². The summed E-state index contributed by atoms with van der Waals surface area (Å²) < 4.78 is 18.2. The lowest BCUT2D eigenvalue weighted by atomic mass is 9.93. The molecular weight excluding hydrogens is 183 g/mol. The number of aryl methyl sites for hydroxylation is 1. The van der Waals surface area contributed by atoms with Crippen LogP contribution < -0.4 is 4.74 Å². The van der Waals surface area contributed by atoms with Gasteiger partial charge < -0.3 is 9.84 Å². The molecule has 1 aromatic carbocycles. The molecule has 0 amide bonds. The van der Waals surface area contributed by atoms with E-state index in [-0.39, 0.29) is 5.75 Å². The summed E-state index contributed by atoms with van der Waals surface area (Å²) in [5.41, 5.74) is 0.364. The van der Waals surface area contributed by atoms with E-state index in [4.69, 9.17) is 4.74 Å². The van der Waals surface area contributed by atoms with Crippen LogP contribution >= 0.6 is 0 Å². The molecule has 78 valence electrons. The van der Waals surface area contributed by atoms with Crippen molar-refractivity contribution in [2.45, 2.75) is 26.4 Å². The van der Waals surface area contributed by atoms with Crippen LogP contribution in [0.2, 0.25) is 0 Å². The second-order valence-electron chi connectivity index (χ2n) is 3.86. The van der Waals surface area contributed by atoms with Gasteiger partial charge in [-0.25, -0.2) is 4.39 Å². The molecule has 2 nitrogen and oxygen atoms in total. The van der Waals surface area contributed by atoms with Gasteiger partial charge in [-0.15, -0.1) is 0 Å². The van der Waals surface area contributed by atoms with Gasteiger partial charge in [-0.2, -0.15) is 0 Å². The van der Waals surface area contributed by atoms with Gasteiger partial charge in [0.25, 0.3) is 0 Å². The molecule has 0 aliphatic carbocycles. The molecule has 0 unspecified atom stereocenters. The third-order valence-electron chi connectivity index (χ3n) is 2.16. The molecule has 1 rings (SSSR count). The van der Waals surface area contributed by atoms with Gasteiger partial charge in [0.1, 0.15) is 0 Å². The summed E-state index contributed by atoms with van der Waals surface area (Å²) in [6.45, 7) is 5.07. The standard InChI is InChI=1S/C11H15FO2/c1-7-5-10(14-4)9(12)6-8(7)11(2,3)13/h5-6,13H,1-4H3. The number of hydrogen-bond acceptors (Lipinski definition) is 2. The normalized spacial score (nSPS) is 11.6. The predicted octanol–water partition coefficient (Wildman–Crippen LogP) is 2.37. The van der Waals surface area contributed by atoms with Crippen LogP contribution in [0.5, 0.6) is 5.75 Å². The van der Waals surface area contributed by atoms with Gasteiger partial charge in [-0.3, -0.25) is 0 Å². The Labute approximate surface area is 83.3 Å². The summed E-state index contributed by atoms with van der Waals surface area (Å²) in [6, 6.07) is 2.90. The van der Waals surface area contributed by atoms with Crippen LogP contribution in [-0.4, -0.2) is 12.2 Å². The van der Waals surface area contributed by atoms with Crippen LogP contribution in [0, 0.1) is 12.7 Å². The number of aliphatic hydroxyl groups is 1. The van der Waals surface area contributed by atoms with Gasteiger partial charge in [0.05, 0.1) is 12.7 Å². The van der Waals surface area contributed by atoms with E-state index < -0.39 is 11.4 Å². The van der Waals surface area contributed by atoms with Crippen molar-refractivity contribution >= 4 is 0 Å². The van der Waals surface area contributed by atoms with Crippen LogP contribution in [-0.2, 0) is 5.60 Å². The van der Waals surface area contributed by atoms with Crippen LogP contribution in [0.3, 0.4) is 0 Å². The molecule has 0 aliphatic rings. The Morgan fingerprint density at radius 3 is 2.36 bits per heavy atom. The first-order valence-corrected chi connectivity index (χ1v) is 4.43. The molecule has 3 heteroatoms. The number of ether oxygens (including phenoxy) is 1. The second-order valence-corrected chi connectivity index (χ2v) is 3.86. The monoisotopic (exact) mass is 198 g/mol. The number of benzene rings is 1. The van der Waals surface area contributed by atoms with Gasteiger partial charge in [-0.1, -0.05) is 0 Å². The fourth-order valence-corrected chi connectivity index (χ4v) is 1.47. The molecule has 0 aromatic heterocycles. The molecule has 0 bridgehead atoms. The summed E-state index contributed by atoms with van der Waals surface area (Å²) >= 11 is 0. The summed E-state index contributed by atoms with van der Waals surface area (Å²) in [5, 5.41) is 9.75. The first-order chi connectivity index (χ1) is 6.36. The van der Waals surface area contributed by atoms with Crippen molar-refractivity contribution in [2.75, 3.05) is 7.11 Å². The Hall–Kier alpha value is -1.09. The van der Waals surface area contributed by atoms with Crippen molar-refractivity contribution in [2.24, 2.45) is 0 Å². The van der Waals surface area contributed by atoms with E-state index in [1.165, 1.54) is 13.2 Å². The number of hydrogen-bond donors (Lipinski definition) is 1. The Bertz CT molecular complexity index is 340. The molecule has 1 aromatic rings. The molecule has 14 heavy (non-hydrogen) atoms. The Kier molecular flexibility index (Phi) is 2.81. The quantitative estimate of drug-likeness (QED) is 0.790. The van der Waals surface area contributed by atoms with Crippen LogP contribution in [0.4, 0.5) is 4.39 Å². The van der Waals surface area contributed by atoms with E-state index in [1.54, 1.807) is 19.9 Å². The van der Waals surface area contributed by atoms with E-state index in [9.17, 15) is 9.50 Å². The van der Waals surface area contributed by atoms with E-state index in [1.807, 2.05) is 6.92 Å². The number of halogens is 1. The largest absolute Gasteiger partial charge is 0.494 e. The zero-order valence-electron chi connectivity index (χ0n) is 8.89. The summed E-state index contributed by atoms with van der Waals surface area (Å²) in [4.78, 5) is 0. The van der Waals surface area contributed by atoms with Crippen molar-refractivity contribution in [3.05, 3.63) is 29.1 Å². The molecule has 1 N–H and O–H groups in total. The maximum absolute atomic E-state index is 13.3. The lowest BCUT2D eigenvalue weighted by molar-refractivity contribution is 0.0774. The van der Waals surface area contributed by atoms with Crippen molar-refractivity contribution in [1.29, 1.82) is 0 Å².